The fraction of sp³-hybridized carbons (Fsp3) is 0.857. The molecule has 0 radical (unpaired) electrons. The first-order valence-electron chi connectivity index (χ1n) is 3.76. The van der Waals surface area contributed by atoms with Crippen molar-refractivity contribution >= 4 is 17.0 Å². The summed E-state index contributed by atoms with van der Waals surface area (Å²) in [5.74, 6) is 0. The van der Waals surface area contributed by atoms with Gasteiger partial charge in [0.2, 0.25) is 0 Å². The van der Waals surface area contributed by atoms with Gasteiger partial charge in [-0.3, -0.25) is 4.90 Å². The number of quaternary nitrogens is 1. The van der Waals surface area contributed by atoms with Gasteiger partial charge in [-0.2, -0.15) is 0 Å². The number of amides is 1. The Bertz CT molecular complexity index is 103. The van der Waals surface area contributed by atoms with Gasteiger partial charge in [-0.15, -0.1) is 0 Å². The smallest absolute Gasteiger partial charge is 0.410 e. The normalized spacial score (nSPS) is 9.45. The fourth-order valence-corrected chi connectivity index (χ4v) is 1.11. The lowest BCUT2D eigenvalue weighted by molar-refractivity contribution is -0.809. The summed E-state index contributed by atoms with van der Waals surface area (Å²) in [5.41, 5.74) is 0. The second-order valence-electron chi connectivity index (χ2n) is 2.38. The molecule has 0 saturated heterocycles. The van der Waals surface area contributed by atoms with Gasteiger partial charge in [-0.1, -0.05) is 13.8 Å². The van der Waals surface area contributed by atoms with Crippen LogP contribution in [-0.2, 0) is 0 Å². The van der Waals surface area contributed by atoms with Crippen molar-refractivity contribution in [3.8, 4) is 0 Å². The minimum Gasteiger partial charge on any atom is -1.00 e. The van der Waals surface area contributed by atoms with Crippen LogP contribution in [0.5, 0.6) is 0 Å². The molecule has 1 N–H and O–H groups in total. The maximum Gasteiger partial charge on any atom is 0.410 e. The standard InChI is InChI=1S/C7H14ClNO.ClH/c1-3-5-9(6-4-2)7(8)10;/h3-6H2,1-2H3;1H. The quantitative estimate of drug-likeness (QED) is 0.413. The van der Waals surface area contributed by atoms with Gasteiger partial charge in [0, 0.05) is 11.6 Å². The third kappa shape index (κ3) is 6.60. The zero-order valence-corrected chi connectivity index (χ0v) is 8.50. The molecule has 0 aliphatic heterocycles. The molecule has 0 heterocycles. The first-order chi connectivity index (χ1) is 4.72. The molecule has 0 saturated carbocycles. The maximum absolute atomic E-state index is 10.7. The highest BCUT2D eigenvalue weighted by atomic mass is 35.5. The molecule has 0 aliphatic rings. The molecule has 0 aromatic rings. The Hall–Kier alpha value is 0.210. The lowest BCUT2D eigenvalue weighted by Crippen LogP contribution is -3.13. The molecule has 0 aliphatic carbocycles. The average molecular weight is 200 g/mol. The SMILES string of the molecule is CCC[NH+](CCC)C(=O)Cl.[Cl-]. The van der Waals surface area contributed by atoms with E-state index in [4.69, 9.17) is 11.6 Å². The summed E-state index contributed by atoms with van der Waals surface area (Å²) in [7, 11) is 0. The van der Waals surface area contributed by atoms with E-state index in [0.29, 0.717) is 0 Å². The fourth-order valence-electron chi connectivity index (χ4n) is 0.925. The van der Waals surface area contributed by atoms with Crippen LogP contribution in [0.4, 0.5) is 4.79 Å². The van der Waals surface area contributed by atoms with Crippen molar-refractivity contribution in [2.45, 2.75) is 26.7 Å². The zero-order valence-electron chi connectivity index (χ0n) is 6.99. The lowest BCUT2D eigenvalue weighted by Gasteiger charge is -2.10. The van der Waals surface area contributed by atoms with Crippen LogP contribution >= 0.6 is 11.6 Å². The van der Waals surface area contributed by atoms with Gasteiger partial charge in [0.1, 0.15) is 0 Å². The summed E-state index contributed by atoms with van der Waals surface area (Å²) >= 11 is 5.33. The second kappa shape index (κ2) is 8.31. The van der Waals surface area contributed by atoms with E-state index in [-0.39, 0.29) is 17.8 Å². The van der Waals surface area contributed by atoms with E-state index in [9.17, 15) is 4.79 Å². The molecule has 0 unspecified atom stereocenters. The van der Waals surface area contributed by atoms with Gasteiger partial charge in [0.25, 0.3) is 0 Å². The van der Waals surface area contributed by atoms with Gasteiger partial charge < -0.3 is 12.4 Å². The highest BCUT2D eigenvalue weighted by Gasteiger charge is 2.12. The lowest BCUT2D eigenvalue weighted by atomic mass is 10.4. The maximum atomic E-state index is 10.7. The molecule has 68 valence electrons. The molecular weight excluding hydrogens is 185 g/mol. The molecule has 0 aromatic heterocycles. The third-order valence-corrected chi connectivity index (χ3v) is 1.65. The van der Waals surface area contributed by atoms with E-state index in [0.717, 1.165) is 30.8 Å². The van der Waals surface area contributed by atoms with Crippen LogP contribution in [0.15, 0.2) is 0 Å². The van der Waals surface area contributed by atoms with Crippen LogP contribution in [0.2, 0.25) is 0 Å². The number of nitrogens with one attached hydrogen (secondary N) is 1. The van der Waals surface area contributed by atoms with E-state index in [1.165, 1.54) is 0 Å². The van der Waals surface area contributed by atoms with Crippen molar-refractivity contribution in [2.24, 2.45) is 0 Å². The molecule has 4 heteroatoms. The number of hydrogen-bond acceptors (Lipinski definition) is 1. The van der Waals surface area contributed by atoms with Crippen molar-refractivity contribution in [1.29, 1.82) is 0 Å². The molecule has 2 nitrogen and oxygen atoms in total. The summed E-state index contributed by atoms with van der Waals surface area (Å²) < 4.78 is 0. The summed E-state index contributed by atoms with van der Waals surface area (Å²) in [4.78, 5) is 11.5. The molecule has 0 spiro atoms. The summed E-state index contributed by atoms with van der Waals surface area (Å²) in [6.45, 7) is 5.82. The van der Waals surface area contributed by atoms with E-state index in [1.54, 1.807) is 0 Å². The van der Waals surface area contributed by atoms with Crippen molar-refractivity contribution in [3.63, 3.8) is 0 Å². The van der Waals surface area contributed by atoms with Gasteiger partial charge in [-0.05, 0) is 12.8 Å². The molecule has 0 aromatic carbocycles. The Morgan fingerprint density at radius 2 is 1.64 bits per heavy atom. The first-order valence-corrected chi connectivity index (χ1v) is 4.14. The zero-order chi connectivity index (χ0) is 7.98. The Morgan fingerprint density at radius 3 is 1.82 bits per heavy atom. The number of hydrogen-bond donors (Lipinski definition) is 1. The predicted octanol–water partition coefficient (Wildman–Crippen LogP) is -1.95. The number of rotatable bonds is 4. The van der Waals surface area contributed by atoms with E-state index >= 15 is 0 Å². The van der Waals surface area contributed by atoms with Crippen molar-refractivity contribution < 1.29 is 22.1 Å². The summed E-state index contributed by atoms with van der Waals surface area (Å²) in [5, 5.41) is -0.247. The van der Waals surface area contributed by atoms with Crippen molar-refractivity contribution in [2.75, 3.05) is 13.1 Å². The van der Waals surface area contributed by atoms with Gasteiger partial charge in [-0.25, -0.2) is 4.79 Å². The van der Waals surface area contributed by atoms with E-state index in [2.05, 4.69) is 13.8 Å². The molecular formula is C7H15Cl2NO. The highest BCUT2D eigenvalue weighted by Crippen LogP contribution is 1.75. The number of halogens is 2. The highest BCUT2D eigenvalue weighted by molar-refractivity contribution is 6.60. The molecule has 11 heavy (non-hydrogen) atoms. The van der Waals surface area contributed by atoms with Crippen LogP contribution < -0.4 is 17.3 Å². The summed E-state index contributed by atoms with van der Waals surface area (Å²) in [6.07, 6.45) is 2.02. The van der Waals surface area contributed by atoms with Gasteiger partial charge in [0.15, 0.2) is 0 Å². The molecule has 1 amide bonds. The molecule has 0 fully saturated rings. The van der Waals surface area contributed by atoms with Gasteiger partial charge >= 0.3 is 5.37 Å². The summed E-state index contributed by atoms with van der Waals surface area (Å²) in [6, 6.07) is 0. The molecule has 0 bridgehead atoms. The topological polar surface area (TPSA) is 21.5 Å². The Morgan fingerprint density at radius 1 is 1.27 bits per heavy atom. The minimum absolute atomic E-state index is 0. The van der Waals surface area contributed by atoms with Crippen LogP contribution in [0.3, 0.4) is 0 Å². The molecule has 0 rings (SSSR count). The molecule has 0 atom stereocenters. The minimum atomic E-state index is -0.247. The Balaban J connectivity index is 0. The van der Waals surface area contributed by atoms with Crippen LogP contribution in [0, 0.1) is 0 Å². The Kier molecular flexibility index (Phi) is 10.4. The van der Waals surface area contributed by atoms with E-state index in [1.807, 2.05) is 0 Å². The number of carbonyl (C=O) groups excluding carboxylic acids is 1. The van der Waals surface area contributed by atoms with Crippen molar-refractivity contribution in [3.05, 3.63) is 0 Å². The van der Waals surface area contributed by atoms with Crippen molar-refractivity contribution in [1.82, 2.24) is 0 Å². The Labute approximate surface area is 79.3 Å². The third-order valence-electron chi connectivity index (χ3n) is 1.38. The largest absolute Gasteiger partial charge is 1.00 e. The van der Waals surface area contributed by atoms with Crippen LogP contribution in [0.1, 0.15) is 26.7 Å². The van der Waals surface area contributed by atoms with E-state index < -0.39 is 0 Å². The number of carbonyl (C=O) groups is 1. The van der Waals surface area contributed by atoms with Gasteiger partial charge in [0.05, 0.1) is 13.1 Å². The first kappa shape index (κ1) is 13.8. The predicted molar refractivity (Wildman–Crippen MR) is 42.5 cm³/mol. The van der Waals surface area contributed by atoms with Crippen LogP contribution in [0.25, 0.3) is 0 Å². The average Bonchev–Trinajstić information content (AvgIpc) is 1.87. The van der Waals surface area contributed by atoms with Crippen LogP contribution in [-0.4, -0.2) is 18.5 Å². The monoisotopic (exact) mass is 199 g/mol. The second-order valence-corrected chi connectivity index (χ2v) is 2.72.